The maximum Gasteiger partial charge on any atom is 0.240 e. The molecule has 9 heteroatoms. The van der Waals surface area contributed by atoms with Crippen LogP contribution in [0.1, 0.15) is 13.3 Å². The Morgan fingerprint density at radius 1 is 0.971 bits per heavy atom. The van der Waals surface area contributed by atoms with E-state index in [1.54, 1.807) is 43.6 Å². The van der Waals surface area contributed by atoms with Crippen molar-refractivity contribution in [1.82, 2.24) is 19.5 Å². The highest BCUT2D eigenvalue weighted by Gasteiger charge is 2.15. The molecule has 182 valence electrons. The topological polar surface area (TPSA) is 98.1 Å². The van der Waals surface area contributed by atoms with Crippen LogP contribution in [0.4, 0.5) is 5.82 Å². The number of rotatable bonds is 11. The van der Waals surface area contributed by atoms with Crippen LogP contribution in [0.15, 0.2) is 84.0 Å². The van der Waals surface area contributed by atoms with E-state index in [0.717, 1.165) is 34.7 Å². The molecular weight excluding hydrogens is 462 g/mol. The fraction of sp³-hybridized carbons (Fsp3) is 0.231. The number of aryl methyl sites for hydroxylation is 1. The Balaban J connectivity index is 1.43. The first kappa shape index (κ1) is 24.4. The Kier molecular flexibility index (Phi) is 7.79. The zero-order valence-electron chi connectivity index (χ0n) is 19.8. The minimum atomic E-state index is -3.50. The summed E-state index contributed by atoms with van der Waals surface area (Å²) in [7, 11) is -1.85. The van der Waals surface area contributed by atoms with E-state index in [2.05, 4.69) is 21.9 Å². The molecule has 0 atom stereocenters. The second-order valence-electron chi connectivity index (χ2n) is 7.90. The molecule has 35 heavy (non-hydrogen) atoms. The van der Waals surface area contributed by atoms with Crippen LogP contribution in [0.3, 0.4) is 0 Å². The molecule has 0 aliphatic rings. The van der Waals surface area contributed by atoms with Gasteiger partial charge in [0, 0.05) is 43.2 Å². The van der Waals surface area contributed by atoms with Gasteiger partial charge in [-0.25, -0.2) is 18.1 Å². The molecule has 0 unspecified atom stereocenters. The third-order valence-electron chi connectivity index (χ3n) is 5.51. The number of anilines is 1. The fourth-order valence-electron chi connectivity index (χ4n) is 3.67. The Labute approximate surface area is 206 Å². The summed E-state index contributed by atoms with van der Waals surface area (Å²) in [6, 6.07) is 20.2. The maximum absolute atomic E-state index is 12.3. The van der Waals surface area contributed by atoms with Crippen molar-refractivity contribution in [2.75, 3.05) is 25.5 Å². The largest absolute Gasteiger partial charge is 0.497 e. The molecular formula is C26H29N5O3S. The number of hydrogen-bond acceptors (Lipinski definition) is 6. The SMILES string of the molecule is CCn1cc(-c2ccnc(NCCCNS(=O)(=O)c3ccccc3)c2)c(-c2cccc(OC)c2)n1. The lowest BCUT2D eigenvalue weighted by Gasteiger charge is -2.09. The Bertz CT molecular complexity index is 1370. The van der Waals surface area contributed by atoms with Gasteiger partial charge in [0.1, 0.15) is 17.3 Å². The van der Waals surface area contributed by atoms with Gasteiger partial charge in [0.2, 0.25) is 10.0 Å². The predicted octanol–water partition coefficient (Wildman–Crippen LogP) is 4.42. The molecule has 2 N–H and O–H groups in total. The van der Waals surface area contributed by atoms with Gasteiger partial charge in [0.05, 0.1) is 12.0 Å². The van der Waals surface area contributed by atoms with Gasteiger partial charge >= 0.3 is 0 Å². The summed E-state index contributed by atoms with van der Waals surface area (Å²) in [6.07, 6.45) is 4.40. The smallest absolute Gasteiger partial charge is 0.240 e. The maximum atomic E-state index is 12.3. The summed E-state index contributed by atoms with van der Waals surface area (Å²) in [6.45, 7) is 3.71. The van der Waals surface area contributed by atoms with Gasteiger partial charge in [0.15, 0.2) is 0 Å². The van der Waals surface area contributed by atoms with Crippen molar-refractivity contribution in [3.63, 3.8) is 0 Å². The molecule has 0 saturated heterocycles. The van der Waals surface area contributed by atoms with Gasteiger partial charge in [-0.15, -0.1) is 0 Å². The van der Waals surface area contributed by atoms with Crippen molar-refractivity contribution in [1.29, 1.82) is 0 Å². The van der Waals surface area contributed by atoms with Gasteiger partial charge in [-0.2, -0.15) is 5.10 Å². The Morgan fingerprint density at radius 3 is 2.57 bits per heavy atom. The number of hydrogen-bond donors (Lipinski definition) is 2. The number of aromatic nitrogens is 3. The van der Waals surface area contributed by atoms with E-state index in [0.29, 0.717) is 25.3 Å². The number of nitrogens with zero attached hydrogens (tertiary/aromatic N) is 3. The second kappa shape index (κ2) is 11.2. The van der Waals surface area contributed by atoms with Crippen LogP contribution in [0.2, 0.25) is 0 Å². The second-order valence-corrected chi connectivity index (χ2v) is 9.67. The standard InChI is InChI=1S/C26H29N5O3S/c1-3-31-19-24(26(30-31)21-9-7-10-22(17-21)34-2)20-13-16-28-25(18-20)27-14-8-15-29-35(32,33)23-11-5-4-6-12-23/h4-7,9-13,16-19,29H,3,8,14-15H2,1-2H3,(H,27,28). The average Bonchev–Trinajstić information content (AvgIpc) is 3.34. The summed E-state index contributed by atoms with van der Waals surface area (Å²) in [5.74, 6) is 1.49. The van der Waals surface area contributed by atoms with Crippen LogP contribution >= 0.6 is 0 Å². The van der Waals surface area contributed by atoms with E-state index < -0.39 is 10.0 Å². The fourth-order valence-corrected chi connectivity index (χ4v) is 4.76. The van der Waals surface area contributed by atoms with Crippen molar-refractivity contribution in [3.05, 3.63) is 79.1 Å². The van der Waals surface area contributed by atoms with E-state index in [4.69, 9.17) is 9.84 Å². The van der Waals surface area contributed by atoms with Gasteiger partial charge in [-0.05, 0) is 55.3 Å². The zero-order valence-corrected chi connectivity index (χ0v) is 20.6. The molecule has 0 bridgehead atoms. The molecule has 0 aliphatic carbocycles. The predicted molar refractivity (Wildman–Crippen MR) is 138 cm³/mol. The molecule has 0 saturated carbocycles. The quantitative estimate of drug-likeness (QED) is 0.302. The van der Waals surface area contributed by atoms with Crippen molar-refractivity contribution in [2.24, 2.45) is 0 Å². The highest BCUT2D eigenvalue weighted by Crippen LogP contribution is 2.33. The van der Waals surface area contributed by atoms with E-state index in [1.165, 1.54) is 0 Å². The number of ether oxygens (including phenoxy) is 1. The normalized spacial score (nSPS) is 11.4. The van der Waals surface area contributed by atoms with E-state index >= 15 is 0 Å². The molecule has 0 fully saturated rings. The van der Waals surface area contributed by atoms with Gasteiger partial charge in [-0.3, -0.25) is 4.68 Å². The average molecular weight is 492 g/mol. The lowest BCUT2D eigenvalue weighted by atomic mass is 10.0. The molecule has 2 heterocycles. The number of methoxy groups -OCH3 is 1. The summed E-state index contributed by atoms with van der Waals surface area (Å²) in [4.78, 5) is 4.68. The van der Waals surface area contributed by atoms with Crippen molar-refractivity contribution >= 4 is 15.8 Å². The van der Waals surface area contributed by atoms with E-state index in [9.17, 15) is 8.42 Å². The third-order valence-corrected chi connectivity index (χ3v) is 6.98. The van der Waals surface area contributed by atoms with Crippen LogP contribution in [0, 0.1) is 0 Å². The van der Waals surface area contributed by atoms with Crippen molar-refractivity contribution in [3.8, 4) is 28.1 Å². The first-order valence-corrected chi connectivity index (χ1v) is 13.0. The summed E-state index contributed by atoms with van der Waals surface area (Å²) >= 11 is 0. The van der Waals surface area contributed by atoms with Crippen LogP contribution in [-0.4, -0.2) is 43.4 Å². The minimum Gasteiger partial charge on any atom is -0.497 e. The van der Waals surface area contributed by atoms with E-state index in [1.807, 2.05) is 47.3 Å². The Hall–Kier alpha value is -3.69. The number of pyridine rings is 1. The number of sulfonamides is 1. The third kappa shape index (κ3) is 6.06. The molecule has 0 spiro atoms. The van der Waals surface area contributed by atoms with Crippen molar-refractivity contribution < 1.29 is 13.2 Å². The lowest BCUT2D eigenvalue weighted by Crippen LogP contribution is -2.26. The molecule has 4 rings (SSSR count). The molecule has 2 aromatic carbocycles. The van der Waals surface area contributed by atoms with Crippen LogP contribution in [0.5, 0.6) is 5.75 Å². The minimum absolute atomic E-state index is 0.266. The highest BCUT2D eigenvalue weighted by atomic mass is 32.2. The molecule has 0 aliphatic heterocycles. The molecule has 2 aromatic heterocycles. The lowest BCUT2D eigenvalue weighted by molar-refractivity contribution is 0.415. The molecule has 0 amide bonds. The summed E-state index contributed by atoms with van der Waals surface area (Å²) in [5, 5.41) is 8.06. The number of nitrogens with one attached hydrogen (secondary N) is 2. The molecule has 0 radical (unpaired) electrons. The first-order chi connectivity index (χ1) is 17.0. The van der Waals surface area contributed by atoms with Crippen LogP contribution in [-0.2, 0) is 16.6 Å². The van der Waals surface area contributed by atoms with Gasteiger partial charge in [0.25, 0.3) is 0 Å². The first-order valence-electron chi connectivity index (χ1n) is 11.5. The van der Waals surface area contributed by atoms with Crippen molar-refractivity contribution in [2.45, 2.75) is 24.8 Å². The monoisotopic (exact) mass is 491 g/mol. The molecule has 8 nitrogen and oxygen atoms in total. The van der Waals surface area contributed by atoms with Gasteiger partial charge < -0.3 is 10.1 Å². The Morgan fingerprint density at radius 2 is 1.80 bits per heavy atom. The molecule has 4 aromatic rings. The summed E-state index contributed by atoms with van der Waals surface area (Å²) in [5.41, 5.74) is 3.84. The highest BCUT2D eigenvalue weighted by molar-refractivity contribution is 7.89. The van der Waals surface area contributed by atoms with Crippen LogP contribution in [0.25, 0.3) is 22.4 Å². The summed E-state index contributed by atoms with van der Waals surface area (Å²) < 4.78 is 34.6. The van der Waals surface area contributed by atoms with Gasteiger partial charge in [-0.1, -0.05) is 30.3 Å². The van der Waals surface area contributed by atoms with E-state index in [-0.39, 0.29) is 4.90 Å². The number of benzene rings is 2. The van der Waals surface area contributed by atoms with Crippen LogP contribution < -0.4 is 14.8 Å². The zero-order chi connectivity index (χ0) is 24.7.